The first-order valence-corrected chi connectivity index (χ1v) is 6.62. The van der Waals surface area contributed by atoms with E-state index >= 15 is 0 Å². The number of ether oxygens (including phenoxy) is 1. The van der Waals surface area contributed by atoms with Crippen LogP contribution in [0, 0.1) is 6.92 Å². The van der Waals surface area contributed by atoms with Crippen LogP contribution in [0.4, 0.5) is 10.1 Å². The Bertz CT molecular complexity index is 663. The van der Waals surface area contributed by atoms with E-state index in [0.29, 0.717) is 5.90 Å². The second-order valence-corrected chi connectivity index (χ2v) is 5.27. The van der Waals surface area contributed by atoms with Crippen LogP contribution >= 0.6 is 0 Å². The van der Waals surface area contributed by atoms with Crippen LogP contribution in [-0.4, -0.2) is 12.6 Å². The van der Waals surface area contributed by atoms with E-state index in [1.807, 2.05) is 55.5 Å². The summed E-state index contributed by atoms with van der Waals surface area (Å²) >= 11 is 0. The highest BCUT2D eigenvalue weighted by Crippen LogP contribution is 2.38. The zero-order chi connectivity index (χ0) is 14.2. The maximum Gasteiger partial charge on any atom is 0.222 e. The number of alkyl halides is 1. The molecule has 0 amide bonds. The molecule has 102 valence electrons. The lowest BCUT2D eigenvalue weighted by molar-refractivity contribution is 0.0421. The zero-order valence-corrected chi connectivity index (χ0v) is 11.6. The number of hydrogen-bond donors (Lipinski definition) is 0. The Balaban J connectivity index is 2.11. The molecule has 0 saturated carbocycles. The summed E-state index contributed by atoms with van der Waals surface area (Å²) in [5.74, 6) is 0.476. The van der Waals surface area contributed by atoms with Gasteiger partial charge >= 0.3 is 0 Å². The van der Waals surface area contributed by atoms with Gasteiger partial charge in [0.05, 0.1) is 5.69 Å². The van der Waals surface area contributed by atoms with Gasteiger partial charge in [0, 0.05) is 11.1 Å². The fourth-order valence-electron chi connectivity index (χ4n) is 2.34. The molecule has 1 aliphatic heterocycles. The number of para-hydroxylation sites is 1. The highest BCUT2D eigenvalue weighted by molar-refractivity contribution is 5.97. The Morgan fingerprint density at radius 3 is 2.50 bits per heavy atom. The number of halogens is 1. The molecule has 0 N–H and O–H groups in total. The summed E-state index contributed by atoms with van der Waals surface area (Å²) in [5.41, 5.74) is 2.62. The lowest BCUT2D eigenvalue weighted by Crippen LogP contribution is -2.34. The predicted octanol–water partition coefficient (Wildman–Crippen LogP) is 4.29. The van der Waals surface area contributed by atoms with E-state index in [9.17, 15) is 4.39 Å². The Kier molecular flexibility index (Phi) is 3.05. The third kappa shape index (κ3) is 2.09. The van der Waals surface area contributed by atoms with Gasteiger partial charge in [-0.25, -0.2) is 9.38 Å². The molecule has 2 nitrogen and oxygen atoms in total. The minimum absolute atomic E-state index is 0.476. The molecule has 0 fully saturated rings. The number of aryl methyl sites for hydroxylation is 1. The number of benzene rings is 2. The van der Waals surface area contributed by atoms with Crippen LogP contribution in [0.25, 0.3) is 0 Å². The van der Waals surface area contributed by atoms with Crippen molar-refractivity contribution < 1.29 is 9.13 Å². The van der Waals surface area contributed by atoms with Gasteiger partial charge in [0.25, 0.3) is 0 Å². The molecule has 0 aromatic heterocycles. The maximum absolute atomic E-state index is 13.5. The summed E-state index contributed by atoms with van der Waals surface area (Å²) in [6.07, 6.45) is 0. The van der Waals surface area contributed by atoms with Crippen molar-refractivity contribution >= 4 is 11.6 Å². The third-order valence-corrected chi connectivity index (χ3v) is 3.57. The summed E-state index contributed by atoms with van der Waals surface area (Å²) in [4.78, 5) is 4.52. The van der Waals surface area contributed by atoms with Gasteiger partial charge in [-0.1, -0.05) is 35.9 Å². The predicted molar refractivity (Wildman–Crippen MR) is 78.2 cm³/mol. The Morgan fingerprint density at radius 2 is 1.80 bits per heavy atom. The lowest BCUT2D eigenvalue weighted by Gasteiger charge is -2.33. The number of rotatable bonds is 2. The average molecular weight is 269 g/mol. The van der Waals surface area contributed by atoms with Crippen LogP contribution in [0.3, 0.4) is 0 Å². The summed E-state index contributed by atoms with van der Waals surface area (Å²) in [7, 11) is 0. The monoisotopic (exact) mass is 269 g/mol. The van der Waals surface area contributed by atoms with Crippen molar-refractivity contribution in [3.8, 4) is 0 Å². The van der Waals surface area contributed by atoms with Crippen molar-refractivity contribution in [2.24, 2.45) is 4.99 Å². The largest absolute Gasteiger partial charge is 0.463 e. The highest BCUT2D eigenvalue weighted by atomic mass is 19.1. The maximum atomic E-state index is 13.5. The topological polar surface area (TPSA) is 21.6 Å². The molecular formula is C17H16FNO. The molecule has 0 aliphatic carbocycles. The van der Waals surface area contributed by atoms with Gasteiger partial charge in [0.1, 0.15) is 6.67 Å². The molecule has 1 aliphatic rings. The summed E-state index contributed by atoms with van der Waals surface area (Å²) in [6, 6.07) is 15.4. The van der Waals surface area contributed by atoms with Crippen molar-refractivity contribution in [1.82, 2.24) is 0 Å². The number of nitrogens with zero attached hydrogens (tertiary/aromatic N) is 1. The van der Waals surface area contributed by atoms with Crippen molar-refractivity contribution in [3.05, 3.63) is 65.2 Å². The van der Waals surface area contributed by atoms with Crippen LogP contribution < -0.4 is 0 Å². The van der Waals surface area contributed by atoms with Gasteiger partial charge < -0.3 is 4.74 Å². The summed E-state index contributed by atoms with van der Waals surface area (Å²) in [6.45, 7) is 3.19. The summed E-state index contributed by atoms with van der Waals surface area (Å²) < 4.78 is 19.4. The number of fused-ring (bicyclic) bond motifs is 1. The third-order valence-electron chi connectivity index (χ3n) is 3.57. The first kappa shape index (κ1) is 12.9. The van der Waals surface area contributed by atoms with Crippen LogP contribution in [0.5, 0.6) is 0 Å². The van der Waals surface area contributed by atoms with E-state index in [1.165, 1.54) is 5.56 Å². The fourth-order valence-corrected chi connectivity index (χ4v) is 2.34. The normalized spacial score (nSPS) is 20.9. The minimum Gasteiger partial charge on any atom is -0.463 e. The average Bonchev–Trinajstić information content (AvgIpc) is 2.48. The van der Waals surface area contributed by atoms with E-state index in [1.54, 1.807) is 6.92 Å². The van der Waals surface area contributed by atoms with E-state index in [2.05, 4.69) is 4.99 Å². The summed E-state index contributed by atoms with van der Waals surface area (Å²) in [5, 5.41) is 0. The lowest BCUT2D eigenvalue weighted by atomic mass is 9.94. The quantitative estimate of drug-likeness (QED) is 0.797. The molecule has 3 rings (SSSR count). The van der Waals surface area contributed by atoms with E-state index < -0.39 is 12.3 Å². The molecule has 0 radical (unpaired) electrons. The molecule has 0 saturated heterocycles. The molecule has 2 aromatic carbocycles. The van der Waals surface area contributed by atoms with Crippen LogP contribution in [0.2, 0.25) is 0 Å². The Morgan fingerprint density at radius 1 is 1.10 bits per heavy atom. The number of hydrogen-bond acceptors (Lipinski definition) is 2. The van der Waals surface area contributed by atoms with Crippen LogP contribution in [0.1, 0.15) is 23.6 Å². The van der Waals surface area contributed by atoms with Gasteiger partial charge in [-0.2, -0.15) is 0 Å². The van der Waals surface area contributed by atoms with Crippen molar-refractivity contribution in [1.29, 1.82) is 0 Å². The van der Waals surface area contributed by atoms with Crippen LogP contribution in [0.15, 0.2) is 53.5 Å². The molecule has 1 unspecified atom stereocenters. The Hall–Kier alpha value is -2.16. The van der Waals surface area contributed by atoms with Gasteiger partial charge in [0.2, 0.25) is 5.90 Å². The Labute approximate surface area is 117 Å². The van der Waals surface area contributed by atoms with E-state index in [-0.39, 0.29) is 0 Å². The molecule has 0 spiro atoms. The molecule has 3 heteroatoms. The highest BCUT2D eigenvalue weighted by Gasteiger charge is 2.36. The molecular weight excluding hydrogens is 253 g/mol. The molecule has 1 atom stereocenters. The fraction of sp³-hybridized carbons (Fsp3) is 0.235. The molecule has 20 heavy (non-hydrogen) atoms. The van der Waals surface area contributed by atoms with Gasteiger partial charge in [-0.3, -0.25) is 0 Å². The van der Waals surface area contributed by atoms with Gasteiger partial charge in [-0.15, -0.1) is 0 Å². The van der Waals surface area contributed by atoms with Gasteiger partial charge in [-0.05, 0) is 32.0 Å². The number of aliphatic imine (C=N–C) groups is 1. The van der Waals surface area contributed by atoms with Gasteiger partial charge in [0.15, 0.2) is 5.60 Å². The van der Waals surface area contributed by atoms with Crippen molar-refractivity contribution in [2.45, 2.75) is 19.4 Å². The van der Waals surface area contributed by atoms with Crippen molar-refractivity contribution in [2.75, 3.05) is 6.67 Å². The molecule has 1 heterocycles. The molecule has 2 aromatic rings. The first-order chi connectivity index (χ1) is 9.62. The van der Waals surface area contributed by atoms with Crippen LogP contribution in [-0.2, 0) is 10.3 Å². The minimum atomic E-state index is -0.974. The first-order valence-electron chi connectivity index (χ1n) is 6.62. The smallest absolute Gasteiger partial charge is 0.222 e. The standard InChI is InChI=1S/C17H16FNO/c1-12-7-9-13(10-8-12)16-19-15-6-4-3-5-14(15)17(2,11-18)20-16/h3-10H,11H2,1-2H3. The van der Waals surface area contributed by atoms with E-state index in [4.69, 9.17) is 4.74 Å². The second-order valence-electron chi connectivity index (χ2n) is 5.27. The zero-order valence-electron chi connectivity index (χ0n) is 11.6. The van der Waals surface area contributed by atoms with E-state index in [0.717, 1.165) is 16.8 Å². The molecule has 0 bridgehead atoms. The van der Waals surface area contributed by atoms with Crippen molar-refractivity contribution in [3.63, 3.8) is 0 Å². The SMILES string of the molecule is Cc1ccc(C2=Nc3ccccc3C(C)(CF)O2)cc1. The second kappa shape index (κ2) is 4.75.